The Labute approximate surface area is 131 Å². The number of fused-ring (bicyclic) bond motifs is 1. The fourth-order valence-corrected chi connectivity index (χ4v) is 3.01. The highest BCUT2D eigenvalue weighted by Crippen LogP contribution is 2.27. The molecule has 0 bridgehead atoms. The topological polar surface area (TPSA) is 61.7 Å². The average Bonchev–Trinajstić information content (AvgIpc) is 2.96. The van der Waals surface area contributed by atoms with Crippen molar-refractivity contribution < 1.29 is 9.90 Å². The Bertz CT molecular complexity index is 868. The van der Waals surface area contributed by atoms with E-state index in [4.69, 9.17) is 0 Å². The zero-order valence-corrected chi connectivity index (χ0v) is 12.7. The van der Waals surface area contributed by atoms with Crippen LogP contribution in [0.5, 0.6) is 5.75 Å². The van der Waals surface area contributed by atoms with Crippen molar-refractivity contribution in [2.24, 2.45) is 5.10 Å². The number of hydrogen-bond acceptors (Lipinski definition) is 4. The van der Waals surface area contributed by atoms with Crippen LogP contribution in [0.3, 0.4) is 0 Å². The monoisotopic (exact) mass is 310 g/mol. The van der Waals surface area contributed by atoms with Gasteiger partial charge in [0.05, 0.1) is 11.1 Å². The van der Waals surface area contributed by atoms with Crippen molar-refractivity contribution in [1.82, 2.24) is 5.43 Å². The minimum absolute atomic E-state index is 0.156. The third-order valence-corrected chi connectivity index (χ3v) is 4.39. The highest BCUT2D eigenvalue weighted by atomic mass is 32.1. The number of aromatic hydroxyl groups is 1. The third kappa shape index (κ3) is 2.71. The molecule has 0 unspecified atom stereocenters. The number of benzene rings is 2. The summed E-state index contributed by atoms with van der Waals surface area (Å²) in [5.74, 6) is -0.0903. The quantitative estimate of drug-likeness (QED) is 0.572. The lowest BCUT2D eigenvalue weighted by molar-refractivity contribution is 0.0958. The number of thiophene rings is 1. The van der Waals surface area contributed by atoms with E-state index in [0.717, 1.165) is 16.3 Å². The van der Waals surface area contributed by atoms with Crippen molar-refractivity contribution in [3.05, 3.63) is 63.8 Å². The second-order valence-corrected chi connectivity index (χ2v) is 5.77. The minimum atomic E-state index is -0.246. The van der Waals surface area contributed by atoms with Crippen LogP contribution < -0.4 is 5.43 Å². The molecule has 2 aromatic carbocycles. The lowest BCUT2D eigenvalue weighted by Gasteiger charge is -2.04. The summed E-state index contributed by atoms with van der Waals surface area (Å²) in [6, 6.07) is 13.1. The van der Waals surface area contributed by atoms with E-state index in [1.807, 2.05) is 48.7 Å². The van der Waals surface area contributed by atoms with Crippen molar-refractivity contribution in [3.63, 3.8) is 0 Å². The molecule has 1 amide bonds. The number of nitrogens with zero attached hydrogens (tertiary/aromatic N) is 1. The van der Waals surface area contributed by atoms with Crippen LogP contribution in [-0.4, -0.2) is 17.2 Å². The fourth-order valence-electron chi connectivity index (χ4n) is 2.19. The number of phenols is 1. The van der Waals surface area contributed by atoms with Crippen LogP contribution in [0.15, 0.2) is 52.9 Å². The largest absolute Gasteiger partial charge is 0.507 e. The predicted molar refractivity (Wildman–Crippen MR) is 89.7 cm³/mol. The van der Waals surface area contributed by atoms with E-state index < -0.39 is 0 Å². The van der Waals surface area contributed by atoms with E-state index in [1.165, 1.54) is 17.6 Å². The summed E-state index contributed by atoms with van der Waals surface area (Å²) in [5, 5.41) is 17.7. The maximum absolute atomic E-state index is 11.9. The maximum Gasteiger partial charge on any atom is 0.281 e. The summed E-state index contributed by atoms with van der Waals surface area (Å²) in [6.07, 6.45) is 1.45. The number of amides is 1. The standard InChI is InChI=1S/C17H14N2O2S/c1-11-8-9-22-16(11)17(21)19-18-10-13-7-6-12-4-2-3-5-14(12)15(13)20/h2-10,20H,1H3,(H,19,21)/b18-10+. The van der Waals surface area contributed by atoms with Crippen LogP contribution in [0.1, 0.15) is 20.8 Å². The lowest BCUT2D eigenvalue weighted by Crippen LogP contribution is -2.17. The summed E-state index contributed by atoms with van der Waals surface area (Å²) in [4.78, 5) is 12.6. The van der Waals surface area contributed by atoms with Gasteiger partial charge in [0.2, 0.25) is 0 Å². The van der Waals surface area contributed by atoms with Gasteiger partial charge in [-0.3, -0.25) is 4.79 Å². The number of nitrogens with one attached hydrogen (secondary N) is 1. The highest BCUT2D eigenvalue weighted by molar-refractivity contribution is 7.12. The van der Waals surface area contributed by atoms with Crippen molar-refractivity contribution >= 4 is 34.2 Å². The molecule has 0 aliphatic rings. The maximum atomic E-state index is 11.9. The van der Waals surface area contributed by atoms with Crippen LogP contribution in [0.2, 0.25) is 0 Å². The van der Waals surface area contributed by atoms with Gasteiger partial charge in [0.1, 0.15) is 5.75 Å². The van der Waals surface area contributed by atoms with Crippen molar-refractivity contribution in [2.75, 3.05) is 0 Å². The molecule has 0 radical (unpaired) electrons. The van der Waals surface area contributed by atoms with Crippen LogP contribution in [0.25, 0.3) is 10.8 Å². The molecule has 22 heavy (non-hydrogen) atoms. The van der Waals surface area contributed by atoms with Gasteiger partial charge in [-0.2, -0.15) is 5.10 Å². The molecule has 0 fully saturated rings. The summed E-state index contributed by atoms with van der Waals surface area (Å²) < 4.78 is 0. The summed E-state index contributed by atoms with van der Waals surface area (Å²) in [7, 11) is 0. The Morgan fingerprint density at radius 3 is 2.82 bits per heavy atom. The molecule has 0 spiro atoms. The first-order valence-corrected chi connectivity index (χ1v) is 7.63. The molecule has 0 aliphatic heterocycles. The van der Waals surface area contributed by atoms with Gasteiger partial charge >= 0.3 is 0 Å². The van der Waals surface area contributed by atoms with Crippen molar-refractivity contribution in [1.29, 1.82) is 0 Å². The lowest BCUT2D eigenvalue weighted by atomic mass is 10.1. The number of carbonyl (C=O) groups excluding carboxylic acids is 1. The van der Waals surface area contributed by atoms with Crippen LogP contribution >= 0.6 is 11.3 Å². The van der Waals surface area contributed by atoms with Gasteiger partial charge in [0, 0.05) is 10.9 Å². The zero-order valence-electron chi connectivity index (χ0n) is 11.9. The summed E-state index contributed by atoms with van der Waals surface area (Å²) in [5.41, 5.74) is 3.96. The predicted octanol–water partition coefficient (Wildman–Crippen LogP) is 3.68. The van der Waals surface area contributed by atoms with E-state index in [1.54, 1.807) is 6.07 Å². The number of hydrogen-bond donors (Lipinski definition) is 2. The first kappa shape index (κ1) is 14.3. The molecule has 1 heterocycles. The summed E-state index contributed by atoms with van der Waals surface area (Å²) >= 11 is 1.37. The molecule has 5 heteroatoms. The van der Waals surface area contributed by atoms with Gasteiger partial charge in [0.15, 0.2) is 0 Å². The van der Waals surface area contributed by atoms with Gasteiger partial charge in [-0.25, -0.2) is 5.43 Å². The molecule has 1 aromatic heterocycles. The SMILES string of the molecule is Cc1ccsc1C(=O)N/N=C/c1ccc2ccccc2c1O. The Morgan fingerprint density at radius 2 is 2.05 bits per heavy atom. The Kier molecular flexibility index (Phi) is 3.89. The first-order valence-electron chi connectivity index (χ1n) is 6.75. The number of hydrazone groups is 1. The average molecular weight is 310 g/mol. The van der Waals surface area contributed by atoms with E-state index >= 15 is 0 Å². The van der Waals surface area contributed by atoms with Crippen LogP contribution in [0.4, 0.5) is 0 Å². The molecule has 0 aliphatic carbocycles. The number of carbonyl (C=O) groups is 1. The molecule has 0 saturated heterocycles. The van der Waals surface area contributed by atoms with E-state index in [9.17, 15) is 9.90 Å². The van der Waals surface area contributed by atoms with Crippen molar-refractivity contribution in [3.8, 4) is 5.75 Å². The van der Waals surface area contributed by atoms with Gasteiger partial charge in [0.25, 0.3) is 5.91 Å². The number of rotatable bonds is 3. The van der Waals surface area contributed by atoms with Crippen LogP contribution in [-0.2, 0) is 0 Å². The van der Waals surface area contributed by atoms with Crippen molar-refractivity contribution in [2.45, 2.75) is 6.92 Å². The zero-order chi connectivity index (χ0) is 15.5. The van der Waals surface area contributed by atoms with Gasteiger partial charge in [-0.15, -0.1) is 11.3 Å². The smallest absolute Gasteiger partial charge is 0.281 e. The third-order valence-electron chi connectivity index (χ3n) is 3.37. The minimum Gasteiger partial charge on any atom is -0.507 e. The summed E-state index contributed by atoms with van der Waals surface area (Å²) in [6.45, 7) is 1.88. The molecular formula is C17H14N2O2S. The first-order chi connectivity index (χ1) is 10.7. The number of phenolic OH excluding ortho intramolecular Hbond substituents is 1. The molecule has 2 N–H and O–H groups in total. The Morgan fingerprint density at radius 1 is 1.23 bits per heavy atom. The van der Waals surface area contributed by atoms with Gasteiger partial charge in [-0.1, -0.05) is 30.3 Å². The van der Waals surface area contributed by atoms with E-state index in [2.05, 4.69) is 10.5 Å². The normalized spacial score (nSPS) is 11.1. The van der Waals surface area contributed by atoms with E-state index in [0.29, 0.717) is 10.4 Å². The molecule has 0 atom stereocenters. The molecule has 3 rings (SSSR count). The van der Waals surface area contributed by atoms with E-state index in [-0.39, 0.29) is 11.7 Å². The second kappa shape index (κ2) is 5.99. The fraction of sp³-hybridized carbons (Fsp3) is 0.0588. The highest BCUT2D eigenvalue weighted by Gasteiger charge is 2.09. The molecule has 110 valence electrons. The van der Waals surface area contributed by atoms with Crippen LogP contribution in [0, 0.1) is 6.92 Å². The molecule has 0 saturated carbocycles. The molecular weight excluding hydrogens is 296 g/mol. The second-order valence-electron chi connectivity index (χ2n) is 4.86. The molecule has 4 nitrogen and oxygen atoms in total. The number of aryl methyl sites for hydroxylation is 1. The Balaban J connectivity index is 1.80. The van der Waals surface area contributed by atoms with Gasteiger partial charge in [-0.05, 0) is 35.4 Å². The van der Waals surface area contributed by atoms with Gasteiger partial charge < -0.3 is 5.11 Å². The Hall–Kier alpha value is -2.66. The molecule has 3 aromatic rings.